The molecule has 82 valence electrons. The van der Waals surface area contributed by atoms with E-state index in [2.05, 4.69) is 16.9 Å². The first-order valence-electron chi connectivity index (χ1n) is 5.48. The third kappa shape index (κ3) is 2.11. The van der Waals surface area contributed by atoms with E-state index < -0.39 is 0 Å². The lowest BCUT2D eigenvalue weighted by molar-refractivity contribution is -0.142. The van der Waals surface area contributed by atoms with E-state index in [9.17, 15) is 9.59 Å². The summed E-state index contributed by atoms with van der Waals surface area (Å²) in [5, 5.41) is 0. The molecule has 2 bridgehead atoms. The Bertz CT molecular complexity index is 306. The molecular weight excluding hydrogens is 192 g/mol. The highest BCUT2D eigenvalue weighted by Crippen LogP contribution is 2.44. The number of allylic oxidation sites excluding steroid dienone is 2. The first kappa shape index (κ1) is 10.4. The lowest BCUT2D eigenvalue weighted by Crippen LogP contribution is -2.19. The molecule has 0 aromatic carbocycles. The van der Waals surface area contributed by atoms with Crippen molar-refractivity contribution in [1.29, 1.82) is 0 Å². The minimum atomic E-state index is -0.290. The highest BCUT2D eigenvalue weighted by atomic mass is 16.5. The molecule has 3 atom stereocenters. The van der Waals surface area contributed by atoms with E-state index in [0.29, 0.717) is 18.3 Å². The molecule has 2 aliphatic rings. The topological polar surface area (TPSA) is 43.4 Å². The van der Waals surface area contributed by atoms with Crippen LogP contribution in [0.25, 0.3) is 0 Å². The zero-order valence-corrected chi connectivity index (χ0v) is 8.94. The third-order valence-corrected chi connectivity index (χ3v) is 3.50. The molecule has 0 N–H and O–H groups in total. The minimum Gasteiger partial charge on any atom is -0.469 e. The van der Waals surface area contributed by atoms with Gasteiger partial charge in [0.25, 0.3) is 0 Å². The fourth-order valence-corrected chi connectivity index (χ4v) is 2.66. The Kier molecular flexibility index (Phi) is 2.89. The fourth-order valence-electron chi connectivity index (χ4n) is 2.66. The van der Waals surface area contributed by atoms with E-state index in [1.165, 1.54) is 7.11 Å². The molecule has 0 radical (unpaired) electrons. The van der Waals surface area contributed by atoms with Crippen molar-refractivity contribution in [2.45, 2.75) is 25.7 Å². The van der Waals surface area contributed by atoms with Crippen molar-refractivity contribution < 1.29 is 14.3 Å². The summed E-state index contributed by atoms with van der Waals surface area (Å²) in [6, 6.07) is 0. The van der Waals surface area contributed by atoms with Gasteiger partial charge in [-0.3, -0.25) is 9.59 Å². The molecule has 3 nitrogen and oxygen atoms in total. The molecule has 0 amide bonds. The number of ether oxygens (including phenoxy) is 1. The number of ketones is 1. The van der Waals surface area contributed by atoms with E-state index in [4.69, 9.17) is 0 Å². The van der Waals surface area contributed by atoms with Gasteiger partial charge in [-0.25, -0.2) is 0 Å². The molecule has 2 aliphatic carbocycles. The summed E-state index contributed by atoms with van der Waals surface area (Å²) in [5.41, 5.74) is 0. The van der Waals surface area contributed by atoms with E-state index in [0.717, 1.165) is 12.8 Å². The Balaban J connectivity index is 1.82. The summed E-state index contributed by atoms with van der Waals surface area (Å²) in [5.74, 6) is 1.17. The largest absolute Gasteiger partial charge is 0.469 e. The molecule has 3 unspecified atom stereocenters. The van der Waals surface area contributed by atoms with Gasteiger partial charge in [0.15, 0.2) is 0 Å². The van der Waals surface area contributed by atoms with E-state index >= 15 is 0 Å². The number of Topliss-reactive ketones (excluding diaryl/α,β-unsaturated/α-hetero) is 1. The zero-order chi connectivity index (χ0) is 10.8. The lowest BCUT2D eigenvalue weighted by Gasteiger charge is -2.15. The van der Waals surface area contributed by atoms with Crippen LogP contribution in [-0.4, -0.2) is 18.9 Å². The van der Waals surface area contributed by atoms with Gasteiger partial charge >= 0.3 is 5.97 Å². The Morgan fingerprint density at radius 2 is 2.07 bits per heavy atom. The lowest BCUT2D eigenvalue weighted by atomic mass is 9.88. The van der Waals surface area contributed by atoms with E-state index in [1.807, 2.05) is 0 Å². The van der Waals surface area contributed by atoms with Crippen LogP contribution in [0.15, 0.2) is 12.2 Å². The van der Waals surface area contributed by atoms with Crippen molar-refractivity contribution in [3.8, 4) is 0 Å². The molecule has 1 saturated carbocycles. The maximum absolute atomic E-state index is 11.8. The molecule has 1 fully saturated rings. The van der Waals surface area contributed by atoms with Crippen LogP contribution in [0.5, 0.6) is 0 Å². The number of rotatable bonds is 4. The van der Waals surface area contributed by atoms with Gasteiger partial charge in [0, 0.05) is 12.3 Å². The van der Waals surface area contributed by atoms with Crippen LogP contribution in [-0.2, 0) is 14.3 Å². The summed E-state index contributed by atoms with van der Waals surface area (Å²) in [6.07, 6.45) is 7.07. The standard InChI is InChI=1S/C12H16O3/c1-15-12(14)5-4-11(13)10-7-8-2-3-9(10)6-8/h2-3,8-10H,4-7H2,1H3. The van der Waals surface area contributed by atoms with Crippen molar-refractivity contribution in [1.82, 2.24) is 0 Å². The van der Waals surface area contributed by atoms with Crippen LogP contribution >= 0.6 is 0 Å². The number of methoxy groups -OCH3 is 1. The molecule has 3 heteroatoms. The Labute approximate surface area is 89.5 Å². The molecule has 0 spiro atoms. The molecule has 0 heterocycles. The predicted molar refractivity (Wildman–Crippen MR) is 55.1 cm³/mol. The van der Waals surface area contributed by atoms with Gasteiger partial charge in [-0.2, -0.15) is 0 Å². The molecular formula is C12H16O3. The summed E-state index contributed by atoms with van der Waals surface area (Å²) < 4.78 is 4.52. The molecule has 0 aliphatic heterocycles. The van der Waals surface area contributed by atoms with Crippen molar-refractivity contribution >= 4 is 11.8 Å². The van der Waals surface area contributed by atoms with E-state index in [-0.39, 0.29) is 24.1 Å². The smallest absolute Gasteiger partial charge is 0.305 e. The number of carbonyl (C=O) groups is 2. The second-order valence-electron chi connectivity index (χ2n) is 4.43. The minimum absolute atomic E-state index is 0.171. The van der Waals surface area contributed by atoms with Crippen LogP contribution in [0.3, 0.4) is 0 Å². The highest BCUT2D eigenvalue weighted by Gasteiger charge is 2.39. The summed E-state index contributed by atoms with van der Waals surface area (Å²) >= 11 is 0. The average molecular weight is 208 g/mol. The zero-order valence-electron chi connectivity index (χ0n) is 8.94. The van der Waals surface area contributed by atoms with Gasteiger partial charge in [-0.1, -0.05) is 12.2 Å². The number of fused-ring (bicyclic) bond motifs is 2. The summed E-state index contributed by atoms with van der Waals surface area (Å²) in [6.45, 7) is 0. The van der Waals surface area contributed by atoms with Crippen LogP contribution < -0.4 is 0 Å². The fraction of sp³-hybridized carbons (Fsp3) is 0.667. The van der Waals surface area contributed by atoms with Crippen molar-refractivity contribution in [3.05, 3.63) is 12.2 Å². The Hall–Kier alpha value is -1.12. The van der Waals surface area contributed by atoms with Crippen molar-refractivity contribution in [3.63, 3.8) is 0 Å². The Morgan fingerprint density at radius 1 is 1.27 bits per heavy atom. The number of carbonyl (C=O) groups excluding carboxylic acids is 2. The van der Waals surface area contributed by atoms with Crippen molar-refractivity contribution in [2.75, 3.05) is 7.11 Å². The Morgan fingerprint density at radius 3 is 2.60 bits per heavy atom. The first-order valence-corrected chi connectivity index (χ1v) is 5.48. The maximum atomic E-state index is 11.8. The SMILES string of the molecule is COC(=O)CCC(=O)C1CC2C=CC1C2. The molecule has 0 aromatic heterocycles. The molecule has 15 heavy (non-hydrogen) atoms. The van der Waals surface area contributed by atoms with Crippen molar-refractivity contribution in [2.24, 2.45) is 17.8 Å². The summed E-state index contributed by atoms with van der Waals surface area (Å²) in [4.78, 5) is 22.7. The van der Waals surface area contributed by atoms with Gasteiger partial charge in [0.1, 0.15) is 5.78 Å². The molecule has 2 rings (SSSR count). The first-order chi connectivity index (χ1) is 7.20. The molecule has 0 aromatic rings. The second kappa shape index (κ2) is 4.17. The van der Waals surface area contributed by atoms with Crippen LogP contribution in [0.2, 0.25) is 0 Å². The van der Waals surface area contributed by atoms with Gasteiger partial charge < -0.3 is 4.74 Å². The van der Waals surface area contributed by atoms with Gasteiger partial charge in [0.05, 0.1) is 13.5 Å². The number of hydrogen-bond acceptors (Lipinski definition) is 3. The second-order valence-corrected chi connectivity index (χ2v) is 4.43. The quantitative estimate of drug-likeness (QED) is 0.522. The molecule has 0 saturated heterocycles. The van der Waals surface area contributed by atoms with Gasteiger partial charge in [-0.15, -0.1) is 0 Å². The van der Waals surface area contributed by atoms with Crippen LogP contribution in [0.1, 0.15) is 25.7 Å². The maximum Gasteiger partial charge on any atom is 0.305 e. The van der Waals surface area contributed by atoms with E-state index in [1.54, 1.807) is 0 Å². The number of esters is 1. The monoisotopic (exact) mass is 208 g/mol. The normalized spacial score (nSPS) is 31.9. The average Bonchev–Trinajstić information content (AvgIpc) is 2.86. The van der Waals surface area contributed by atoms with Crippen LogP contribution in [0.4, 0.5) is 0 Å². The van der Waals surface area contributed by atoms with Gasteiger partial charge in [-0.05, 0) is 24.7 Å². The third-order valence-electron chi connectivity index (χ3n) is 3.50. The highest BCUT2D eigenvalue weighted by molar-refractivity contribution is 5.85. The number of hydrogen-bond donors (Lipinski definition) is 0. The van der Waals surface area contributed by atoms with Crippen LogP contribution in [0, 0.1) is 17.8 Å². The predicted octanol–water partition coefficient (Wildman–Crippen LogP) is 1.72. The van der Waals surface area contributed by atoms with Gasteiger partial charge in [0.2, 0.25) is 0 Å². The summed E-state index contributed by atoms with van der Waals surface area (Å²) in [7, 11) is 1.35.